The molecule has 0 saturated carbocycles. The predicted octanol–water partition coefficient (Wildman–Crippen LogP) is 0.979. The Morgan fingerprint density at radius 2 is 1.80 bits per heavy atom. The Bertz CT molecular complexity index is 900. The Labute approximate surface area is 112 Å². The number of fused-ring (bicyclic) bond motifs is 4. The van der Waals surface area contributed by atoms with Crippen LogP contribution in [0.3, 0.4) is 0 Å². The molecule has 0 spiro atoms. The van der Waals surface area contributed by atoms with Gasteiger partial charge in [0.15, 0.2) is 0 Å². The molecule has 0 saturated heterocycles. The van der Waals surface area contributed by atoms with E-state index in [2.05, 4.69) is 4.18 Å². The lowest BCUT2D eigenvalue weighted by Gasteiger charge is -2.21. The monoisotopic (exact) mass is 293 g/mol. The molecule has 0 radical (unpaired) electrons. The van der Waals surface area contributed by atoms with Crippen LogP contribution >= 0.6 is 0 Å². The smallest absolute Gasteiger partial charge is 0.355 e. The van der Waals surface area contributed by atoms with Gasteiger partial charge >= 0.3 is 22.1 Å². The quantitative estimate of drug-likeness (QED) is 0.593. The van der Waals surface area contributed by atoms with E-state index >= 15 is 0 Å². The highest BCUT2D eigenvalue weighted by atomic mass is 32.2. The van der Waals surface area contributed by atoms with Gasteiger partial charge in [0.1, 0.15) is 4.90 Å². The summed E-state index contributed by atoms with van der Waals surface area (Å²) >= 11 is 0. The zero-order valence-electron chi connectivity index (χ0n) is 9.78. The molecule has 0 fully saturated rings. The number of hydrogen-bond acceptors (Lipinski definition) is 6. The molecule has 1 aliphatic heterocycles. The minimum absolute atomic E-state index is 0.241. The van der Waals surface area contributed by atoms with Crippen LogP contribution in [0.1, 0.15) is 20.7 Å². The molecule has 0 aliphatic carbocycles. The van der Waals surface area contributed by atoms with E-state index in [0.717, 1.165) is 0 Å². The lowest BCUT2D eigenvalue weighted by Crippen LogP contribution is -2.27. The van der Waals surface area contributed by atoms with E-state index in [-0.39, 0.29) is 16.6 Å². The second kappa shape index (κ2) is 3.70. The van der Waals surface area contributed by atoms with Crippen molar-refractivity contribution in [2.24, 2.45) is 0 Å². The number of carbonyl (C=O) groups excluding carboxylic acids is 1. The van der Waals surface area contributed by atoms with Crippen molar-refractivity contribution in [3.63, 3.8) is 0 Å². The van der Waals surface area contributed by atoms with E-state index in [1.54, 1.807) is 12.1 Å². The van der Waals surface area contributed by atoms with Gasteiger partial charge in [-0.25, -0.2) is 9.59 Å². The fraction of sp³-hybridized carbons (Fsp3) is 0. The molecule has 1 aliphatic rings. The van der Waals surface area contributed by atoms with Gasteiger partial charge in [0.25, 0.3) is 0 Å². The highest BCUT2D eigenvalue weighted by Crippen LogP contribution is 2.40. The number of rotatable bonds is 1. The highest BCUT2D eigenvalue weighted by molar-refractivity contribution is 7.87. The zero-order valence-corrected chi connectivity index (χ0v) is 10.6. The molecule has 0 atom stereocenters. The summed E-state index contributed by atoms with van der Waals surface area (Å²) in [5.41, 5.74) is 4.58. The number of aromatic carboxylic acids is 1. The molecule has 8 heteroatoms. The summed E-state index contributed by atoms with van der Waals surface area (Å²) < 4.78 is 28.0. The first-order valence-electron chi connectivity index (χ1n) is 5.41. The van der Waals surface area contributed by atoms with Gasteiger partial charge in [-0.3, -0.25) is 0 Å². The molecule has 2 aromatic carbocycles. The molecule has 2 bridgehead atoms. The molecule has 7 nitrogen and oxygen atoms in total. The molecular weight excluding hydrogens is 286 g/mol. The van der Waals surface area contributed by atoms with E-state index < -0.39 is 32.5 Å². The average Bonchev–Trinajstić information content (AvgIpc) is 2.36. The number of nitrogens with two attached hydrogens (primary N) is 1. The first-order chi connectivity index (χ1) is 9.34. The van der Waals surface area contributed by atoms with E-state index in [0.29, 0.717) is 5.39 Å². The van der Waals surface area contributed by atoms with E-state index in [9.17, 15) is 23.1 Å². The summed E-state index contributed by atoms with van der Waals surface area (Å²) in [5.74, 6) is -2.77. The first kappa shape index (κ1) is 12.4. The SMILES string of the molecule is Nc1c2c(C(=O)O)c(c3ccccc13)C(=O)OS2(=O)=O. The largest absolute Gasteiger partial charge is 0.478 e. The third-order valence-electron chi connectivity index (χ3n) is 3.06. The van der Waals surface area contributed by atoms with Crippen LogP contribution < -0.4 is 5.73 Å². The maximum absolute atomic E-state index is 11.9. The fourth-order valence-corrected chi connectivity index (χ4v) is 3.48. The van der Waals surface area contributed by atoms with Crippen LogP contribution in [0.2, 0.25) is 0 Å². The molecule has 1 heterocycles. The minimum atomic E-state index is -4.52. The summed E-state index contributed by atoms with van der Waals surface area (Å²) in [6, 6.07) is 6.18. The van der Waals surface area contributed by atoms with Crippen LogP contribution in [0.15, 0.2) is 29.2 Å². The van der Waals surface area contributed by atoms with Crippen LogP contribution in [0, 0.1) is 0 Å². The second-order valence-corrected chi connectivity index (χ2v) is 5.65. The number of nitrogen functional groups attached to an aromatic ring is 1. The molecule has 0 aromatic heterocycles. The predicted molar refractivity (Wildman–Crippen MR) is 67.9 cm³/mol. The van der Waals surface area contributed by atoms with Crippen molar-refractivity contribution < 1.29 is 27.3 Å². The van der Waals surface area contributed by atoms with Crippen molar-refractivity contribution >= 4 is 38.5 Å². The number of carbonyl (C=O) groups is 2. The Morgan fingerprint density at radius 3 is 2.40 bits per heavy atom. The molecule has 3 rings (SSSR count). The summed E-state index contributed by atoms with van der Waals surface area (Å²) in [6.45, 7) is 0. The summed E-state index contributed by atoms with van der Waals surface area (Å²) in [6.07, 6.45) is 0. The number of carboxylic acids is 1. The molecule has 0 unspecified atom stereocenters. The third kappa shape index (κ3) is 1.42. The van der Waals surface area contributed by atoms with Gasteiger partial charge in [-0.1, -0.05) is 24.3 Å². The van der Waals surface area contributed by atoms with Crippen LogP contribution in [0.5, 0.6) is 0 Å². The second-order valence-electron chi connectivity index (χ2n) is 4.17. The molecule has 3 N–H and O–H groups in total. The molecule has 102 valence electrons. The standard InChI is InChI=1S/C12H7NO6S/c13-9-6-4-2-1-3-5(6)7-8(11(14)15)10(9)20(17,18)19-12(7)16/h1-4H,13H2,(H,14,15). The van der Waals surface area contributed by atoms with Gasteiger partial charge in [0, 0.05) is 5.39 Å². The number of anilines is 1. The molecule has 2 aromatic rings. The molecule has 20 heavy (non-hydrogen) atoms. The van der Waals surface area contributed by atoms with E-state index in [1.165, 1.54) is 12.1 Å². The van der Waals surface area contributed by atoms with Crippen molar-refractivity contribution in [2.75, 3.05) is 5.73 Å². The Morgan fingerprint density at radius 1 is 1.20 bits per heavy atom. The van der Waals surface area contributed by atoms with Gasteiger partial charge in [-0.05, 0) is 5.39 Å². The van der Waals surface area contributed by atoms with Crippen LogP contribution in [0.25, 0.3) is 10.8 Å². The van der Waals surface area contributed by atoms with Crippen LogP contribution in [-0.2, 0) is 14.3 Å². The van der Waals surface area contributed by atoms with Crippen LogP contribution in [0.4, 0.5) is 5.69 Å². The summed E-state index contributed by atoms with van der Waals surface area (Å²) in [5, 5.41) is 9.75. The van der Waals surface area contributed by atoms with E-state index in [4.69, 9.17) is 5.73 Å². The fourth-order valence-electron chi connectivity index (χ4n) is 2.30. The number of carboxylic acid groups (broad SMARTS) is 1. The molecule has 0 amide bonds. The highest BCUT2D eigenvalue weighted by Gasteiger charge is 2.41. The molecular formula is C12H7NO6S. The number of hydrogen-bond donors (Lipinski definition) is 2. The van der Waals surface area contributed by atoms with Crippen molar-refractivity contribution in [1.82, 2.24) is 0 Å². The van der Waals surface area contributed by atoms with Gasteiger partial charge in [0.2, 0.25) is 0 Å². The van der Waals surface area contributed by atoms with Crippen molar-refractivity contribution in [3.05, 3.63) is 35.4 Å². The maximum atomic E-state index is 11.9. The van der Waals surface area contributed by atoms with Crippen molar-refractivity contribution in [3.8, 4) is 0 Å². The van der Waals surface area contributed by atoms with Crippen molar-refractivity contribution in [2.45, 2.75) is 4.90 Å². The van der Waals surface area contributed by atoms with Gasteiger partial charge in [0.05, 0.1) is 16.8 Å². The van der Waals surface area contributed by atoms with Gasteiger partial charge < -0.3 is 15.0 Å². The number of benzene rings is 2. The zero-order chi connectivity index (χ0) is 14.7. The van der Waals surface area contributed by atoms with Crippen molar-refractivity contribution in [1.29, 1.82) is 0 Å². The van der Waals surface area contributed by atoms with Crippen LogP contribution in [-0.4, -0.2) is 25.5 Å². The normalized spacial score (nSPS) is 15.9. The third-order valence-corrected chi connectivity index (χ3v) is 4.36. The Kier molecular flexibility index (Phi) is 2.30. The topological polar surface area (TPSA) is 124 Å². The van der Waals surface area contributed by atoms with Gasteiger partial charge in [-0.15, -0.1) is 0 Å². The lowest BCUT2D eigenvalue weighted by atomic mass is 9.97. The Balaban J connectivity index is 2.70. The van der Waals surface area contributed by atoms with E-state index in [1.807, 2.05) is 0 Å². The lowest BCUT2D eigenvalue weighted by molar-refractivity contribution is 0.0657. The summed E-state index contributed by atoms with van der Waals surface area (Å²) in [7, 11) is -4.52. The first-order valence-corrected chi connectivity index (χ1v) is 6.81. The minimum Gasteiger partial charge on any atom is -0.478 e. The average molecular weight is 293 g/mol. The van der Waals surface area contributed by atoms with Gasteiger partial charge in [-0.2, -0.15) is 8.42 Å². The maximum Gasteiger partial charge on any atom is 0.355 e. The Hall–Kier alpha value is -2.61. The summed E-state index contributed by atoms with van der Waals surface area (Å²) in [4.78, 5) is 22.5.